The van der Waals surface area contributed by atoms with Crippen LogP contribution in [0, 0.1) is 6.92 Å². The second-order valence-corrected chi connectivity index (χ2v) is 6.16. The van der Waals surface area contributed by atoms with E-state index < -0.39 is 10.0 Å². The first-order chi connectivity index (χ1) is 8.95. The third-order valence-corrected chi connectivity index (χ3v) is 4.38. The molecule has 0 saturated heterocycles. The summed E-state index contributed by atoms with van der Waals surface area (Å²) in [6.45, 7) is 3.95. The first-order valence-electron chi connectivity index (χ1n) is 5.76. The molecule has 19 heavy (non-hydrogen) atoms. The summed E-state index contributed by atoms with van der Waals surface area (Å²) in [5.41, 5.74) is 1.53. The van der Waals surface area contributed by atoms with Gasteiger partial charge in [0, 0.05) is 6.54 Å². The summed E-state index contributed by atoms with van der Waals surface area (Å²) in [6, 6.07) is 6.80. The molecule has 2 rings (SSSR count). The quantitative estimate of drug-likeness (QED) is 0.940. The molecule has 0 unspecified atom stereocenters. The van der Waals surface area contributed by atoms with Crippen molar-refractivity contribution in [3.8, 4) is 5.69 Å². The predicted molar refractivity (Wildman–Crippen MR) is 74.2 cm³/mol. The lowest BCUT2D eigenvalue weighted by Crippen LogP contribution is -2.25. The second kappa shape index (κ2) is 5.32. The summed E-state index contributed by atoms with van der Waals surface area (Å²) in [4.78, 5) is 0. The minimum absolute atomic E-state index is 0.0695. The van der Waals surface area contributed by atoms with Gasteiger partial charge in [0.1, 0.15) is 0 Å². The van der Waals surface area contributed by atoms with Gasteiger partial charge in [0.15, 0.2) is 5.03 Å². The Morgan fingerprint density at radius 1 is 1.37 bits per heavy atom. The van der Waals surface area contributed by atoms with Gasteiger partial charge in [-0.3, -0.25) is 0 Å². The van der Waals surface area contributed by atoms with Crippen LogP contribution in [0.4, 0.5) is 0 Å². The average molecular weight is 300 g/mol. The van der Waals surface area contributed by atoms with Crippen LogP contribution < -0.4 is 4.72 Å². The molecule has 102 valence electrons. The topological polar surface area (TPSA) is 64.0 Å². The molecule has 0 aliphatic rings. The smallest absolute Gasteiger partial charge is 0.219 e. The molecule has 0 aliphatic carbocycles. The van der Waals surface area contributed by atoms with E-state index in [1.54, 1.807) is 19.1 Å². The molecule has 7 heteroatoms. The fourth-order valence-corrected chi connectivity index (χ4v) is 3.18. The van der Waals surface area contributed by atoms with Crippen molar-refractivity contribution in [3.63, 3.8) is 0 Å². The summed E-state index contributed by atoms with van der Waals surface area (Å²) < 4.78 is 27.9. The van der Waals surface area contributed by atoms with Crippen LogP contribution in [0.3, 0.4) is 0 Å². The third-order valence-electron chi connectivity index (χ3n) is 2.55. The summed E-state index contributed by atoms with van der Waals surface area (Å²) in [5, 5.41) is 4.56. The molecule has 0 atom stereocenters. The molecule has 0 fully saturated rings. The second-order valence-electron chi connectivity index (χ2n) is 4.04. The van der Waals surface area contributed by atoms with Gasteiger partial charge in [0.2, 0.25) is 0 Å². The van der Waals surface area contributed by atoms with Crippen LogP contribution >= 0.6 is 11.6 Å². The zero-order valence-electron chi connectivity index (χ0n) is 10.6. The summed E-state index contributed by atoms with van der Waals surface area (Å²) >= 11 is 6.14. The van der Waals surface area contributed by atoms with E-state index in [1.165, 1.54) is 16.9 Å². The van der Waals surface area contributed by atoms with Crippen molar-refractivity contribution in [3.05, 3.63) is 41.0 Å². The molecule has 0 amide bonds. The molecule has 0 aliphatic heterocycles. The number of aromatic nitrogens is 2. The van der Waals surface area contributed by atoms with Crippen molar-refractivity contribution < 1.29 is 8.42 Å². The first-order valence-corrected chi connectivity index (χ1v) is 7.62. The minimum Gasteiger partial charge on any atom is -0.219 e. The van der Waals surface area contributed by atoms with E-state index in [-0.39, 0.29) is 5.03 Å². The highest BCUT2D eigenvalue weighted by Gasteiger charge is 2.20. The predicted octanol–water partition coefficient (Wildman–Crippen LogP) is 2.13. The Hall–Kier alpha value is -1.37. The van der Waals surface area contributed by atoms with Gasteiger partial charge in [0.05, 0.1) is 16.9 Å². The molecule has 0 saturated carbocycles. The van der Waals surface area contributed by atoms with Gasteiger partial charge in [-0.15, -0.1) is 0 Å². The van der Waals surface area contributed by atoms with E-state index >= 15 is 0 Å². The Morgan fingerprint density at radius 2 is 2.11 bits per heavy atom. The van der Waals surface area contributed by atoms with Crippen molar-refractivity contribution in [1.29, 1.82) is 0 Å². The molecule has 1 N–H and O–H groups in total. The van der Waals surface area contributed by atoms with Crippen molar-refractivity contribution in [2.24, 2.45) is 0 Å². The molecule has 1 heterocycles. The van der Waals surface area contributed by atoms with Crippen LogP contribution in [0.15, 0.2) is 35.5 Å². The van der Waals surface area contributed by atoms with Crippen molar-refractivity contribution in [1.82, 2.24) is 14.5 Å². The molecule has 0 bridgehead atoms. The fourth-order valence-electron chi connectivity index (χ4n) is 1.72. The lowest BCUT2D eigenvalue weighted by atomic mass is 10.2. The average Bonchev–Trinajstić information content (AvgIpc) is 2.78. The van der Waals surface area contributed by atoms with Gasteiger partial charge in [-0.1, -0.05) is 24.6 Å². The summed E-state index contributed by atoms with van der Waals surface area (Å²) in [5.74, 6) is 0. The highest BCUT2D eigenvalue weighted by molar-refractivity contribution is 7.89. The van der Waals surface area contributed by atoms with E-state index in [2.05, 4.69) is 9.82 Å². The van der Waals surface area contributed by atoms with Crippen molar-refractivity contribution >= 4 is 21.6 Å². The largest absolute Gasteiger partial charge is 0.258 e. The number of hydrogen-bond acceptors (Lipinski definition) is 3. The molecule has 2 aromatic rings. The molecule has 5 nitrogen and oxygen atoms in total. The fraction of sp³-hybridized carbons (Fsp3) is 0.250. The number of aryl methyl sites for hydroxylation is 1. The monoisotopic (exact) mass is 299 g/mol. The molecule has 0 spiro atoms. The van der Waals surface area contributed by atoms with E-state index in [9.17, 15) is 8.42 Å². The molecular weight excluding hydrogens is 286 g/mol. The Labute approximate surface area is 117 Å². The first kappa shape index (κ1) is 14.0. The Kier molecular flexibility index (Phi) is 3.93. The van der Waals surface area contributed by atoms with Gasteiger partial charge in [-0.25, -0.2) is 17.8 Å². The van der Waals surface area contributed by atoms with Crippen LogP contribution in [0.25, 0.3) is 5.69 Å². The number of hydrogen-bond donors (Lipinski definition) is 1. The molecular formula is C12H14ClN3O2S. The van der Waals surface area contributed by atoms with Crippen molar-refractivity contribution in [2.75, 3.05) is 6.54 Å². The van der Waals surface area contributed by atoms with E-state index in [0.717, 1.165) is 5.56 Å². The molecule has 0 radical (unpaired) electrons. The van der Waals surface area contributed by atoms with E-state index in [4.69, 9.17) is 11.6 Å². The van der Waals surface area contributed by atoms with Gasteiger partial charge < -0.3 is 0 Å². The molecule has 1 aromatic carbocycles. The normalized spacial score (nSPS) is 11.7. The summed E-state index contributed by atoms with van der Waals surface area (Å²) in [7, 11) is -3.58. The number of nitrogens with one attached hydrogen (secondary N) is 1. The Balaban J connectivity index is 2.57. The van der Waals surface area contributed by atoms with Crippen LogP contribution in [-0.4, -0.2) is 24.7 Å². The standard InChI is InChI=1S/C12H14ClN3O2S/c1-3-15-19(17,18)12-6-7-14-16(12)11-5-4-9(2)8-10(11)13/h4-8,15H,3H2,1-2H3. The lowest BCUT2D eigenvalue weighted by molar-refractivity contribution is 0.573. The number of sulfonamides is 1. The number of benzene rings is 1. The Bertz CT molecular complexity index is 695. The number of rotatable bonds is 4. The van der Waals surface area contributed by atoms with Gasteiger partial charge in [-0.2, -0.15) is 5.10 Å². The summed E-state index contributed by atoms with van der Waals surface area (Å²) in [6.07, 6.45) is 1.43. The van der Waals surface area contributed by atoms with Crippen LogP contribution in [0.2, 0.25) is 5.02 Å². The lowest BCUT2D eigenvalue weighted by Gasteiger charge is -2.10. The molecule has 1 aromatic heterocycles. The van der Waals surface area contributed by atoms with E-state index in [1.807, 2.05) is 13.0 Å². The van der Waals surface area contributed by atoms with Crippen LogP contribution in [0.5, 0.6) is 0 Å². The van der Waals surface area contributed by atoms with Gasteiger partial charge in [0.25, 0.3) is 10.0 Å². The SMILES string of the molecule is CCNS(=O)(=O)c1ccnn1-c1ccc(C)cc1Cl. The zero-order chi connectivity index (χ0) is 14.0. The third kappa shape index (κ3) is 2.80. The highest BCUT2D eigenvalue weighted by atomic mass is 35.5. The minimum atomic E-state index is -3.58. The van der Waals surface area contributed by atoms with Crippen molar-refractivity contribution in [2.45, 2.75) is 18.9 Å². The van der Waals surface area contributed by atoms with Gasteiger partial charge >= 0.3 is 0 Å². The maximum atomic E-state index is 12.1. The highest BCUT2D eigenvalue weighted by Crippen LogP contribution is 2.24. The van der Waals surface area contributed by atoms with Gasteiger partial charge in [-0.05, 0) is 30.7 Å². The maximum absolute atomic E-state index is 12.1. The maximum Gasteiger partial charge on any atom is 0.258 e. The van der Waals surface area contributed by atoms with Crippen LogP contribution in [-0.2, 0) is 10.0 Å². The number of nitrogens with zero attached hydrogens (tertiary/aromatic N) is 2. The van der Waals surface area contributed by atoms with E-state index in [0.29, 0.717) is 17.3 Å². The number of halogens is 1. The Morgan fingerprint density at radius 3 is 2.74 bits per heavy atom. The zero-order valence-corrected chi connectivity index (χ0v) is 12.2. The van der Waals surface area contributed by atoms with Crippen LogP contribution in [0.1, 0.15) is 12.5 Å².